The first-order valence-electron chi connectivity index (χ1n) is 4.00. The molecule has 0 aromatic heterocycles. The van der Waals surface area contributed by atoms with Gasteiger partial charge < -0.3 is 20.3 Å². The summed E-state index contributed by atoms with van der Waals surface area (Å²) < 4.78 is 10.1. The minimum atomic E-state index is -0.857. The molecule has 1 heterocycles. The van der Waals surface area contributed by atoms with Crippen LogP contribution >= 0.6 is 0 Å². The number of nitriles is 1. The number of aromatic hydroxyl groups is 1. The number of fused-ring (bicyclic) bond motifs is 1. The molecule has 1 aromatic carbocycles. The van der Waals surface area contributed by atoms with Crippen molar-refractivity contribution in [1.82, 2.24) is 0 Å². The van der Waals surface area contributed by atoms with Crippen molar-refractivity contribution in [1.29, 1.82) is 5.26 Å². The van der Waals surface area contributed by atoms with Gasteiger partial charge in [-0.2, -0.15) is 5.26 Å². The summed E-state index contributed by atoms with van der Waals surface area (Å²) in [7, 11) is 0. The van der Waals surface area contributed by atoms with Gasteiger partial charge in [0.05, 0.1) is 6.07 Å². The van der Waals surface area contributed by atoms with E-state index in [1.165, 1.54) is 0 Å². The lowest BCUT2D eigenvalue weighted by molar-refractivity contribution is 0.171. The maximum atomic E-state index is 9.68. The zero-order chi connectivity index (χ0) is 10.1. The fourth-order valence-electron chi connectivity index (χ4n) is 1.29. The molecular formula is C9H8N2O3. The SMILES string of the molecule is N#C[C@@H](N)c1ccc2c(c1O)OCO2. The van der Waals surface area contributed by atoms with Gasteiger partial charge in [0.15, 0.2) is 11.5 Å². The van der Waals surface area contributed by atoms with Gasteiger partial charge in [0.25, 0.3) is 0 Å². The third-order valence-corrected chi connectivity index (χ3v) is 2.02. The molecule has 3 N–H and O–H groups in total. The highest BCUT2D eigenvalue weighted by Gasteiger charge is 2.22. The molecule has 0 aliphatic carbocycles. The first kappa shape index (κ1) is 8.66. The average molecular weight is 192 g/mol. The molecule has 5 nitrogen and oxygen atoms in total. The van der Waals surface area contributed by atoms with Crippen LogP contribution in [0.4, 0.5) is 0 Å². The third-order valence-electron chi connectivity index (χ3n) is 2.02. The molecule has 1 aliphatic rings. The number of benzene rings is 1. The fraction of sp³-hybridized carbons (Fsp3) is 0.222. The summed E-state index contributed by atoms with van der Waals surface area (Å²) in [6.45, 7) is 0.0775. The number of nitrogens with zero attached hydrogens (tertiary/aromatic N) is 1. The summed E-state index contributed by atoms with van der Waals surface area (Å²) in [5.74, 6) is 0.610. The number of nitrogens with two attached hydrogens (primary N) is 1. The molecule has 2 rings (SSSR count). The topological polar surface area (TPSA) is 88.5 Å². The van der Waals surface area contributed by atoms with E-state index in [-0.39, 0.29) is 18.3 Å². The van der Waals surface area contributed by atoms with Crippen LogP contribution in [0.2, 0.25) is 0 Å². The molecule has 1 aliphatic heterocycles. The van der Waals surface area contributed by atoms with E-state index in [1.54, 1.807) is 12.1 Å². The van der Waals surface area contributed by atoms with Crippen molar-refractivity contribution in [3.63, 3.8) is 0 Å². The molecule has 1 aromatic rings. The van der Waals surface area contributed by atoms with Crippen LogP contribution in [0.3, 0.4) is 0 Å². The van der Waals surface area contributed by atoms with Gasteiger partial charge in [-0.1, -0.05) is 0 Å². The molecule has 0 unspecified atom stereocenters. The molecule has 0 saturated heterocycles. The van der Waals surface area contributed by atoms with Crippen LogP contribution in [0, 0.1) is 11.3 Å². The van der Waals surface area contributed by atoms with Gasteiger partial charge in [0.2, 0.25) is 12.5 Å². The van der Waals surface area contributed by atoms with E-state index in [0.29, 0.717) is 11.3 Å². The van der Waals surface area contributed by atoms with E-state index < -0.39 is 6.04 Å². The summed E-state index contributed by atoms with van der Waals surface area (Å²) in [4.78, 5) is 0. The highest BCUT2D eigenvalue weighted by atomic mass is 16.7. The maximum absolute atomic E-state index is 9.68. The average Bonchev–Trinajstić information content (AvgIpc) is 2.66. The van der Waals surface area contributed by atoms with Crippen LogP contribution in [0.5, 0.6) is 17.2 Å². The zero-order valence-corrected chi connectivity index (χ0v) is 7.23. The summed E-state index contributed by atoms with van der Waals surface area (Å²) in [5, 5.41) is 18.3. The van der Waals surface area contributed by atoms with E-state index in [2.05, 4.69) is 0 Å². The van der Waals surface area contributed by atoms with Crippen molar-refractivity contribution < 1.29 is 14.6 Å². The predicted molar refractivity (Wildman–Crippen MR) is 46.8 cm³/mol. The van der Waals surface area contributed by atoms with Crippen LogP contribution in [-0.2, 0) is 0 Å². The maximum Gasteiger partial charge on any atom is 0.231 e. The van der Waals surface area contributed by atoms with E-state index in [9.17, 15) is 5.11 Å². The van der Waals surface area contributed by atoms with Crippen molar-refractivity contribution in [3.8, 4) is 23.3 Å². The van der Waals surface area contributed by atoms with Gasteiger partial charge in [-0.05, 0) is 12.1 Å². The van der Waals surface area contributed by atoms with Crippen molar-refractivity contribution in [2.24, 2.45) is 5.73 Å². The van der Waals surface area contributed by atoms with Crippen molar-refractivity contribution >= 4 is 0 Å². The van der Waals surface area contributed by atoms with Gasteiger partial charge >= 0.3 is 0 Å². The molecule has 0 spiro atoms. The van der Waals surface area contributed by atoms with E-state index in [4.69, 9.17) is 20.5 Å². The Labute approximate surface area is 80.3 Å². The Morgan fingerprint density at radius 1 is 1.50 bits per heavy atom. The number of hydrogen-bond donors (Lipinski definition) is 2. The van der Waals surface area contributed by atoms with Crippen LogP contribution in [0.1, 0.15) is 11.6 Å². The van der Waals surface area contributed by atoms with Crippen LogP contribution in [0.15, 0.2) is 12.1 Å². The molecule has 14 heavy (non-hydrogen) atoms. The van der Waals surface area contributed by atoms with Gasteiger partial charge in [0.1, 0.15) is 6.04 Å². The monoisotopic (exact) mass is 192 g/mol. The largest absolute Gasteiger partial charge is 0.504 e. The quantitative estimate of drug-likeness (QED) is 0.681. The second-order valence-electron chi connectivity index (χ2n) is 2.84. The number of ether oxygens (including phenoxy) is 2. The minimum Gasteiger partial charge on any atom is -0.504 e. The van der Waals surface area contributed by atoms with Crippen molar-refractivity contribution in [3.05, 3.63) is 17.7 Å². The van der Waals surface area contributed by atoms with Crippen LogP contribution in [0.25, 0.3) is 0 Å². The van der Waals surface area contributed by atoms with Gasteiger partial charge in [-0.15, -0.1) is 0 Å². The standard InChI is InChI=1S/C9H8N2O3/c10-3-6(11)5-1-2-7-9(8(5)12)14-4-13-7/h1-2,6,12H,4,11H2/t6-/m1/s1. The van der Waals surface area contributed by atoms with Crippen molar-refractivity contribution in [2.45, 2.75) is 6.04 Å². The van der Waals surface area contributed by atoms with Crippen LogP contribution < -0.4 is 15.2 Å². The van der Waals surface area contributed by atoms with Gasteiger partial charge in [-0.25, -0.2) is 0 Å². The Kier molecular flexibility index (Phi) is 1.91. The van der Waals surface area contributed by atoms with Gasteiger partial charge in [-0.3, -0.25) is 0 Å². The van der Waals surface area contributed by atoms with E-state index in [1.807, 2.05) is 6.07 Å². The lowest BCUT2D eigenvalue weighted by Gasteiger charge is -2.07. The number of hydrogen-bond acceptors (Lipinski definition) is 5. The predicted octanol–water partition coefficient (Wildman–Crippen LogP) is 0.644. The fourth-order valence-corrected chi connectivity index (χ4v) is 1.29. The summed E-state index contributed by atoms with van der Waals surface area (Å²) >= 11 is 0. The van der Waals surface area contributed by atoms with Gasteiger partial charge in [0, 0.05) is 5.56 Å². The highest BCUT2D eigenvalue weighted by Crippen LogP contribution is 2.43. The minimum absolute atomic E-state index is 0.0775. The Balaban J connectivity index is 2.51. The highest BCUT2D eigenvalue weighted by molar-refractivity contribution is 5.57. The molecule has 0 radical (unpaired) electrons. The van der Waals surface area contributed by atoms with E-state index >= 15 is 0 Å². The molecule has 72 valence electrons. The third kappa shape index (κ3) is 1.13. The number of phenolic OH excluding ortho intramolecular Hbond substituents is 1. The summed E-state index contributed by atoms with van der Waals surface area (Å²) in [6, 6.07) is 4.15. The van der Waals surface area contributed by atoms with Crippen molar-refractivity contribution in [2.75, 3.05) is 6.79 Å². The first-order valence-corrected chi connectivity index (χ1v) is 4.00. The second kappa shape index (κ2) is 3.09. The summed E-state index contributed by atoms with van der Waals surface area (Å²) in [6.07, 6.45) is 0. The first-order chi connectivity index (χ1) is 6.74. The Morgan fingerprint density at radius 3 is 3.00 bits per heavy atom. The molecule has 0 bridgehead atoms. The normalized spacial score (nSPS) is 14.9. The molecule has 0 fully saturated rings. The number of phenols is 1. The lowest BCUT2D eigenvalue weighted by Crippen LogP contribution is -2.07. The molecule has 1 atom stereocenters. The molecule has 0 amide bonds. The Morgan fingerprint density at radius 2 is 2.29 bits per heavy atom. The Hall–Kier alpha value is -1.93. The zero-order valence-electron chi connectivity index (χ0n) is 7.23. The smallest absolute Gasteiger partial charge is 0.231 e. The van der Waals surface area contributed by atoms with E-state index in [0.717, 1.165) is 0 Å². The Bertz CT molecular complexity index is 411. The molecule has 0 saturated carbocycles. The second-order valence-corrected chi connectivity index (χ2v) is 2.84. The number of rotatable bonds is 1. The molecular weight excluding hydrogens is 184 g/mol. The molecule has 5 heteroatoms. The van der Waals surface area contributed by atoms with Crippen LogP contribution in [-0.4, -0.2) is 11.9 Å². The summed E-state index contributed by atoms with van der Waals surface area (Å²) in [5.41, 5.74) is 5.82. The lowest BCUT2D eigenvalue weighted by atomic mass is 10.1.